The fourth-order valence-corrected chi connectivity index (χ4v) is 4.85. The van der Waals surface area contributed by atoms with Crippen LogP contribution in [-0.2, 0) is 4.79 Å². The van der Waals surface area contributed by atoms with E-state index in [4.69, 9.17) is 4.74 Å². The molecule has 0 amide bonds. The lowest BCUT2D eigenvalue weighted by Gasteiger charge is -2.34. The molecule has 2 aromatic carbocycles. The number of carbonyl (C=O) groups excluding carboxylic acids is 1. The van der Waals surface area contributed by atoms with E-state index in [1.807, 2.05) is 79.6 Å². The van der Waals surface area contributed by atoms with Crippen molar-refractivity contribution < 1.29 is 9.53 Å². The van der Waals surface area contributed by atoms with Crippen molar-refractivity contribution in [1.29, 1.82) is 10.5 Å². The minimum absolute atomic E-state index is 0.0419. The van der Waals surface area contributed by atoms with Gasteiger partial charge in [0.1, 0.15) is 5.75 Å². The molecule has 30 heavy (non-hydrogen) atoms. The van der Waals surface area contributed by atoms with Gasteiger partial charge in [-0.05, 0) is 55.7 Å². The van der Waals surface area contributed by atoms with Crippen LogP contribution in [0.25, 0.3) is 6.08 Å². The van der Waals surface area contributed by atoms with Gasteiger partial charge in [0.15, 0.2) is 11.2 Å². The maximum absolute atomic E-state index is 12.8. The third-order valence-electron chi connectivity index (χ3n) is 5.97. The maximum Gasteiger partial charge on any atom is 0.177 e. The van der Waals surface area contributed by atoms with Gasteiger partial charge in [0.25, 0.3) is 0 Å². The van der Waals surface area contributed by atoms with E-state index in [9.17, 15) is 15.3 Å². The fraction of sp³-hybridized carbons (Fsp3) is 0.320. The number of fused-ring (bicyclic) bond motifs is 3. The third-order valence-corrected chi connectivity index (χ3v) is 5.97. The first-order chi connectivity index (χ1) is 14.4. The number of hydrogen-bond donors (Lipinski definition) is 0. The van der Waals surface area contributed by atoms with Crippen molar-refractivity contribution in [3.05, 3.63) is 71.4 Å². The Morgan fingerprint density at radius 2 is 1.77 bits per heavy atom. The van der Waals surface area contributed by atoms with Crippen molar-refractivity contribution in [2.45, 2.75) is 44.9 Å². The van der Waals surface area contributed by atoms with Crippen LogP contribution in [0.15, 0.2) is 54.7 Å². The van der Waals surface area contributed by atoms with Gasteiger partial charge in [0.2, 0.25) is 0 Å². The van der Waals surface area contributed by atoms with Crippen molar-refractivity contribution in [2.24, 2.45) is 5.41 Å². The summed E-state index contributed by atoms with van der Waals surface area (Å²) in [5.41, 5.74) is 1.25. The Bertz CT molecular complexity index is 1070. The molecular weight excluding hydrogens is 374 g/mol. The Morgan fingerprint density at radius 3 is 2.37 bits per heavy atom. The number of rotatable bonds is 4. The predicted molar refractivity (Wildman–Crippen MR) is 113 cm³/mol. The van der Waals surface area contributed by atoms with Crippen LogP contribution < -0.4 is 4.74 Å². The molecule has 3 atom stereocenters. The van der Waals surface area contributed by atoms with Gasteiger partial charge < -0.3 is 9.64 Å². The van der Waals surface area contributed by atoms with Crippen LogP contribution in [0.1, 0.15) is 49.4 Å². The largest absolute Gasteiger partial charge is 0.491 e. The summed E-state index contributed by atoms with van der Waals surface area (Å²) in [6.07, 6.45) is 3.85. The number of nitrogens with zero attached hydrogens (tertiary/aromatic N) is 3. The average molecular weight is 397 g/mol. The van der Waals surface area contributed by atoms with Gasteiger partial charge in [-0.25, -0.2) is 0 Å². The SMILES string of the molecule is CC(=O)[C@@H]1[C@@H](c2ccc(OC(C)C)cc2)C(C#N)(C#N)[C@@H]2c3ccccc3C=CN12. The molecule has 1 saturated heterocycles. The van der Waals surface area contributed by atoms with E-state index in [1.165, 1.54) is 6.92 Å². The zero-order valence-corrected chi connectivity index (χ0v) is 17.2. The molecule has 5 nitrogen and oxygen atoms in total. The van der Waals surface area contributed by atoms with Gasteiger partial charge in [0, 0.05) is 12.1 Å². The molecule has 0 N–H and O–H groups in total. The third kappa shape index (κ3) is 2.86. The van der Waals surface area contributed by atoms with E-state index in [2.05, 4.69) is 12.1 Å². The summed E-state index contributed by atoms with van der Waals surface area (Å²) in [4.78, 5) is 14.7. The fourth-order valence-electron chi connectivity index (χ4n) is 4.85. The molecule has 150 valence electrons. The van der Waals surface area contributed by atoms with E-state index in [1.54, 1.807) is 0 Å². The van der Waals surface area contributed by atoms with E-state index in [-0.39, 0.29) is 11.9 Å². The summed E-state index contributed by atoms with van der Waals surface area (Å²) >= 11 is 0. The van der Waals surface area contributed by atoms with Crippen LogP contribution in [0.3, 0.4) is 0 Å². The number of Topliss-reactive ketones (excluding diaryl/α,β-unsaturated/α-hetero) is 1. The topological polar surface area (TPSA) is 77.1 Å². The normalized spacial score (nSPS) is 23.3. The molecule has 0 aliphatic carbocycles. The molecule has 0 aromatic heterocycles. The summed E-state index contributed by atoms with van der Waals surface area (Å²) < 4.78 is 5.73. The van der Waals surface area contributed by atoms with Gasteiger partial charge in [-0.2, -0.15) is 10.5 Å². The Balaban J connectivity index is 1.89. The highest BCUT2D eigenvalue weighted by molar-refractivity contribution is 5.85. The van der Waals surface area contributed by atoms with Gasteiger partial charge in [-0.1, -0.05) is 36.4 Å². The lowest BCUT2D eigenvalue weighted by molar-refractivity contribution is -0.121. The standard InChI is InChI=1S/C25H23N3O2/c1-16(2)30-20-10-8-19(9-11-20)22-23(17(3)29)28-13-12-18-6-4-5-7-21(18)24(28)25(22,14-26)15-27/h4-13,16,22-24H,1-3H3/t22-,23-,24+/m1/s1. The zero-order valence-electron chi connectivity index (χ0n) is 17.2. The number of benzene rings is 2. The van der Waals surface area contributed by atoms with Crippen LogP contribution >= 0.6 is 0 Å². The van der Waals surface area contributed by atoms with Crippen LogP contribution in [0.2, 0.25) is 0 Å². The molecule has 2 heterocycles. The second-order valence-electron chi connectivity index (χ2n) is 8.16. The highest BCUT2D eigenvalue weighted by Gasteiger charge is 2.63. The van der Waals surface area contributed by atoms with E-state index in [0.717, 1.165) is 16.7 Å². The molecule has 1 fully saturated rings. The number of nitriles is 2. The second kappa shape index (κ2) is 7.35. The highest BCUT2D eigenvalue weighted by atomic mass is 16.5. The average Bonchev–Trinajstić information content (AvgIpc) is 3.05. The van der Waals surface area contributed by atoms with Crippen LogP contribution in [0.5, 0.6) is 5.75 Å². The number of ketones is 1. The lowest BCUT2D eigenvalue weighted by atomic mass is 9.68. The molecule has 0 unspecified atom stereocenters. The summed E-state index contributed by atoms with van der Waals surface area (Å²) in [5.74, 6) is 0.0661. The Morgan fingerprint density at radius 1 is 1.10 bits per heavy atom. The summed E-state index contributed by atoms with van der Waals surface area (Å²) in [5, 5.41) is 20.7. The lowest BCUT2D eigenvalue weighted by Crippen LogP contribution is -2.36. The van der Waals surface area contributed by atoms with Crippen LogP contribution in [0, 0.1) is 28.1 Å². The molecular formula is C25H23N3O2. The number of hydrogen-bond acceptors (Lipinski definition) is 5. The molecule has 4 rings (SSSR count). The molecule has 0 bridgehead atoms. The van der Waals surface area contributed by atoms with Crippen molar-refractivity contribution in [3.63, 3.8) is 0 Å². The highest BCUT2D eigenvalue weighted by Crippen LogP contribution is 2.59. The van der Waals surface area contributed by atoms with Gasteiger partial charge >= 0.3 is 0 Å². The molecule has 0 saturated carbocycles. The van der Waals surface area contributed by atoms with Crippen LogP contribution in [0.4, 0.5) is 0 Å². The van der Waals surface area contributed by atoms with E-state index >= 15 is 0 Å². The minimum atomic E-state index is -1.41. The van der Waals surface area contributed by atoms with E-state index < -0.39 is 23.4 Å². The summed E-state index contributed by atoms with van der Waals surface area (Å²) in [6.45, 7) is 5.44. The first kappa shape index (κ1) is 19.7. The smallest absolute Gasteiger partial charge is 0.177 e. The first-order valence-corrected chi connectivity index (χ1v) is 10.1. The van der Waals surface area contributed by atoms with Crippen molar-refractivity contribution in [3.8, 4) is 17.9 Å². The van der Waals surface area contributed by atoms with E-state index in [0.29, 0.717) is 5.75 Å². The maximum atomic E-state index is 12.8. The molecule has 2 aliphatic rings. The van der Waals surface area contributed by atoms with Gasteiger partial charge in [0.05, 0.1) is 30.3 Å². The molecule has 0 radical (unpaired) electrons. The Hall–Kier alpha value is -3.57. The molecule has 2 aliphatic heterocycles. The zero-order chi connectivity index (χ0) is 21.5. The van der Waals surface area contributed by atoms with Gasteiger partial charge in [-0.3, -0.25) is 4.79 Å². The van der Waals surface area contributed by atoms with Crippen molar-refractivity contribution in [1.82, 2.24) is 4.90 Å². The molecule has 2 aromatic rings. The van der Waals surface area contributed by atoms with Gasteiger partial charge in [-0.15, -0.1) is 0 Å². The second-order valence-corrected chi connectivity index (χ2v) is 8.16. The molecule has 0 spiro atoms. The van der Waals surface area contributed by atoms with Crippen molar-refractivity contribution >= 4 is 11.9 Å². The van der Waals surface area contributed by atoms with Crippen molar-refractivity contribution in [2.75, 3.05) is 0 Å². The Labute approximate surface area is 176 Å². The number of ether oxygens (including phenoxy) is 1. The monoisotopic (exact) mass is 397 g/mol. The predicted octanol–water partition coefficient (Wildman–Crippen LogP) is 4.59. The van der Waals surface area contributed by atoms with Crippen LogP contribution in [-0.4, -0.2) is 22.8 Å². The summed E-state index contributed by atoms with van der Waals surface area (Å²) in [7, 11) is 0. The molecule has 5 heteroatoms. The first-order valence-electron chi connectivity index (χ1n) is 10.1. The summed E-state index contributed by atoms with van der Waals surface area (Å²) in [6, 6.07) is 18.7. The number of carbonyl (C=O) groups is 1. The quantitative estimate of drug-likeness (QED) is 0.754. The Kier molecular flexibility index (Phi) is 4.84. The minimum Gasteiger partial charge on any atom is -0.491 e.